The summed E-state index contributed by atoms with van der Waals surface area (Å²) in [6.07, 6.45) is 3.21. The number of amides is 3. The Morgan fingerprint density at radius 2 is 1.56 bits per heavy atom. The van der Waals surface area contributed by atoms with E-state index in [9.17, 15) is 14.4 Å². The molecule has 0 saturated carbocycles. The first-order chi connectivity index (χ1) is 15.6. The van der Waals surface area contributed by atoms with E-state index in [4.69, 9.17) is 0 Å². The Morgan fingerprint density at radius 1 is 0.906 bits per heavy atom. The first-order valence-corrected chi connectivity index (χ1v) is 11.0. The van der Waals surface area contributed by atoms with Crippen molar-refractivity contribution in [1.29, 1.82) is 0 Å². The number of hydrogen-bond acceptors (Lipinski definition) is 4. The fraction of sp³-hybridized carbons (Fsp3) is 0.320. The van der Waals surface area contributed by atoms with Crippen molar-refractivity contribution in [3.8, 4) is 0 Å². The molecule has 0 radical (unpaired) electrons. The van der Waals surface area contributed by atoms with E-state index in [1.807, 2.05) is 48.5 Å². The molecule has 2 aliphatic rings. The monoisotopic (exact) mass is 432 g/mol. The van der Waals surface area contributed by atoms with Crippen LogP contribution in [0.1, 0.15) is 12.0 Å². The van der Waals surface area contributed by atoms with Crippen LogP contribution in [0.2, 0.25) is 0 Å². The highest BCUT2D eigenvalue weighted by Gasteiger charge is 2.35. The Labute approximate surface area is 188 Å². The van der Waals surface area contributed by atoms with Crippen LogP contribution in [-0.2, 0) is 14.4 Å². The van der Waals surface area contributed by atoms with Crippen molar-refractivity contribution in [2.24, 2.45) is 0 Å². The quantitative estimate of drug-likeness (QED) is 0.731. The molecule has 2 aromatic carbocycles. The van der Waals surface area contributed by atoms with Gasteiger partial charge in [0, 0.05) is 51.0 Å². The maximum absolute atomic E-state index is 13.0. The predicted octanol–water partition coefficient (Wildman–Crippen LogP) is 1.77. The van der Waals surface area contributed by atoms with E-state index in [0.29, 0.717) is 26.2 Å². The van der Waals surface area contributed by atoms with Crippen molar-refractivity contribution < 1.29 is 14.4 Å². The van der Waals surface area contributed by atoms with E-state index < -0.39 is 6.04 Å². The molecule has 4 rings (SSSR count). The van der Waals surface area contributed by atoms with Crippen LogP contribution in [0, 0.1) is 0 Å². The normalized spacial score (nSPS) is 19.2. The number of nitrogens with one attached hydrogen (secondary N) is 1. The van der Waals surface area contributed by atoms with E-state index in [0.717, 1.165) is 24.3 Å². The number of rotatable bonds is 5. The molecule has 2 aliphatic heterocycles. The molecule has 0 bridgehead atoms. The van der Waals surface area contributed by atoms with E-state index in [-0.39, 0.29) is 24.1 Å². The largest absolute Gasteiger partial charge is 0.368 e. The van der Waals surface area contributed by atoms with Crippen LogP contribution in [0.15, 0.2) is 66.7 Å². The third-order valence-corrected chi connectivity index (χ3v) is 5.95. The van der Waals surface area contributed by atoms with E-state index in [1.165, 1.54) is 11.0 Å². The third-order valence-electron chi connectivity index (χ3n) is 5.95. The summed E-state index contributed by atoms with van der Waals surface area (Å²) < 4.78 is 0. The summed E-state index contributed by atoms with van der Waals surface area (Å²) in [5.41, 5.74) is 2.06. The second-order valence-electron chi connectivity index (χ2n) is 7.99. The SMILES string of the molecule is O=C1NCCN(C(=O)/C=C/c2ccccc2)[C@@H]1CC(=O)N1CCN(c2ccccc2)CC1. The molecule has 0 aliphatic carbocycles. The number of carbonyl (C=O) groups is 3. The number of carbonyl (C=O) groups excluding carboxylic acids is 3. The third kappa shape index (κ3) is 5.17. The maximum Gasteiger partial charge on any atom is 0.247 e. The lowest BCUT2D eigenvalue weighted by Gasteiger charge is -2.38. The standard InChI is InChI=1S/C25H28N4O3/c30-23(12-11-20-7-3-1-4-8-20)29-14-13-26-25(32)22(29)19-24(31)28-17-15-27(16-18-28)21-9-5-2-6-10-21/h1-12,22H,13-19H2,(H,26,32)/b12-11+/t22-/m1/s1. The van der Waals surface area contributed by atoms with Crippen molar-refractivity contribution in [2.45, 2.75) is 12.5 Å². The molecule has 1 N–H and O–H groups in total. The Bertz CT molecular complexity index is 969. The van der Waals surface area contributed by atoms with Gasteiger partial charge in [0.25, 0.3) is 0 Å². The van der Waals surface area contributed by atoms with Crippen molar-refractivity contribution >= 4 is 29.5 Å². The number of para-hydroxylation sites is 1. The lowest BCUT2D eigenvalue weighted by molar-refractivity contribution is -0.144. The Balaban J connectivity index is 1.36. The number of benzene rings is 2. The highest BCUT2D eigenvalue weighted by Crippen LogP contribution is 2.18. The molecule has 2 aromatic rings. The molecule has 7 nitrogen and oxygen atoms in total. The van der Waals surface area contributed by atoms with Crippen LogP contribution in [0.4, 0.5) is 5.69 Å². The molecule has 1 atom stereocenters. The predicted molar refractivity (Wildman–Crippen MR) is 124 cm³/mol. The van der Waals surface area contributed by atoms with Crippen LogP contribution in [-0.4, -0.2) is 72.8 Å². The topological polar surface area (TPSA) is 73.0 Å². The van der Waals surface area contributed by atoms with Crippen LogP contribution >= 0.6 is 0 Å². The zero-order valence-corrected chi connectivity index (χ0v) is 18.0. The van der Waals surface area contributed by atoms with Gasteiger partial charge in [-0.3, -0.25) is 14.4 Å². The van der Waals surface area contributed by atoms with Crippen molar-refractivity contribution in [2.75, 3.05) is 44.2 Å². The second-order valence-corrected chi connectivity index (χ2v) is 7.99. The second kappa shape index (κ2) is 10.1. The molecular formula is C25H28N4O3. The number of anilines is 1. The fourth-order valence-electron chi connectivity index (χ4n) is 4.16. The molecular weight excluding hydrogens is 404 g/mol. The average Bonchev–Trinajstić information content (AvgIpc) is 2.85. The smallest absolute Gasteiger partial charge is 0.247 e. The highest BCUT2D eigenvalue weighted by atomic mass is 16.2. The fourth-order valence-corrected chi connectivity index (χ4v) is 4.16. The summed E-state index contributed by atoms with van der Waals surface area (Å²) >= 11 is 0. The van der Waals surface area contributed by atoms with Gasteiger partial charge in [-0.2, -0.15) is 0 Å². The zero-order valence-electron chi connectivity index (χ0n) is 18.0. The summed E-state index contributed by atoms with van der Waals surface area (Å²) in [5.74, 6) is -0.617. The van der Waals surface area contributed by atoms with E-state index in [1.54, 1.807) is 11.0 Å². The van der Waals surface area contributed by atoms with Crippen molar-refractivity contribution in [3.63, 3.8) is 0 Å². The molecule has 32 heavy (non-hydrogen) atoms. The number of hydrogen-bond donors (Lipinski definition) is 1. The van der Waals surface area contributed by atoms with E-state index >= 15 is 0 Å². The molecule has 0 unspecified atom stereocenters. The number of nitrogens with zero attached hydrogens (tertiary/aromatic N) is 3. The summed E-state index contributed by atoms with van der Waals surface area (Å²) in [4.78, 5) is 43.9. The molecule has 166 valence electrons. The minimum absolute atomic E-state index is 0.00207. The van der Waals surface area contributed by atoms with Gasteiger partial charge >= 0.3 is 0 Å². The molecule has 0 spiro atoms. The van der Waals surface area contributed by atoms with Gasteiger partial charge < -0.3 is 20.0 Å². The van der Waals surface area contributed by atoms with Crippen LogP contribution in [0.3, 0.4) is 0 Å². The Hall–Kier alpha value is -3.61. The summed E-state index contributed by atoms with van der Waals surface area (Å²) in [6, 6.07) is 18.9. The lowest BCUT2D eigenvalue weighted by Crippen LogP contribution is -2.59. The van der Waals surface area contributed by atoms with Crippen LogP contribution in [0.5, 0.6) is 0 Å². The zero-order chi connectivity index (χ0) is 22.3. The molecule has 2 fully saturated rings. The Kier molecular flexibility index (Phi) is 6.84. The lowest BCUT2D eigenvalue weighted by atomic mass is 10.1. The maximum atomic E-state index is 13.0. The van der Waals surface area contributed by atoms with Gasteiger partial charge in [-0.25, -0.2) is 0 Å². The molecule has 3 amide bonds. The highest BCUT2D eigenvalue weighted by molar-refractivity contribution is 5.98. The minimum atomic E-state index is -0.781. The molecule has 7 heteroatoms. The minimum Gasteiger partial charge on any atom is -0.368 e. The van der Waals surface area contributed by atoms with Gasteiger partial charge in [0.05, 0.1) is 6.42 Å². The summed E-state index contributed by atoms with van der Waals surface area (Å²) in [5, 5.41) is 2.79. The van der Waals surface area contributed by atoms with Gasteiger partial charge in [-0.05, 0) is 23.8 Å². The summed E-state index contributed by atoms with van der Waals surface area (Å²) in [7, 11) is 0. The number of piperazine rings is 2. The van der Waals surface area contributed by atoms with Crippen LogP contribution in [0.25, 0.3) is 6.08 Å². The average molecular weight is 433 g/mol. The molecule has 2 saturated heterocycles. The first kappa shape index (κ1) is 21.6. The molecule has 2 heterocycles. The van der Waals surface area contributed by atoms with Gasteiger partial charge in [-0.1, -0.05) is 48.5 Å². The molecule has 0 aromatic heterocycles. The van der Waals surface area contributed by atoms with Crippen molar-refractivity contribution in [3.05, 3.63) is 72.3 Å². The van der Waals surface area contributed by atoms with Gasteiger partial charge in [-0.15, -0.1) is 0 Å². The van der Waals surface area contributed by atoms with Crippen LogP contribution < -0.4 is 10.2 Å². The van der Waals surface area contributed by atoms with Gasteiger partial charge in [0.15, 0.2) is 0 Å². The van der Waals surface area contributed by atoms with Gasteiger partial charge in [0.2, 0.25) is 17.7 Å². The first-order valence-electron chi connectivity index (χ1n) is 11.0. The van der Waals surface area contributed by atoms with E-state index in [2.05, 4.69) is 22.3 Å². The Morgan fingerprint density at radius 3 is 2.25 bits per heavy atom. The summed E-state index contributed by atoms with van der Waals surface area (Å²) in [6.45, 7) is 3.48. The van der Waals surface area contributed by atoms with Gasteiger partial charge in [0.1, 0.15) is 6.04 Å². The van der Waals surface area contributed by atoms with Crippen molar-refractivity contribution in [1.82, 2.24) is 15.1 Å².